The molecule has 3 aromatic carbocycles. The molecule has 0 saturated heterocycles. The van der Waals surface area contributed by atoms with Crippen molar-refractivity contribution in [1.29, 1.82) is 0 Å². The van der Waals surface area contributed by atoms with Crippen LogP contribution in [0, 0.1) is 0 Å². The summed E-state index contributed by atoms with van der Waals surface area (Å²) in [7, 11) is 3.25. The molecule has 3 rings (SSSR count). The lowest BCUT2D eigenvalue weighted by molar-refractivity contribution is 0.327. The molecule has 26 heavy (non-hydrogen) atoms. The van der Waals surface area contributed by atoms with E-state index < -0.39 is 0 Å². The minimum absolute atomic E-state index is 0.376. The van der Waals surface area contributed by atoms with Gasteiger partial charge in [-0.2, -0.15) is 0 Å². The smallest absolute Gasteiger partial charge is 0.256 e. The van der Waals surface area contributed by atoms with E-state index in [0.717, 1.165) is 0 Å². The van der Waals surface area contributed by atoms with Crippen molar-refractivity contribution in [3.63, 3.8) is 0 Å². The zero-order valence-electron chi connectivity index (χ0n) is 13.9. The van der Waals surface area contributed by atoms with Gasteiger partial charge in [0.05, 0.1) is 0 Å². The summed E-state index contributed by atoms with van der Waals surface area (Å²) in [4.78, 5) is 6.64. The average Bonchev–Trinajstić information content (AvgIpc) is 2.71. The second-order valence-corrected chi connectivity index (χ2v) is 7.22. The van der Waals surface area contributed by atoms with Gasteiger partial charge in [-0.1, -0.05) is 76.2 Å². The largest absolute Gasteiger partial charge is 0.436 e. The molecule has 0 heterocycles. The third-order valence-corrected chi connectivity index (χ3v) is 5.11. The third-order valence-electron chi connectivity index (χ3n) is 3.10. The maximum Gasteiger partial charge on any atom is 0.256 e. The SMILES string of the molecule is C(=C\C(=N\Oc1ccccc1)Oc1ccccc1)/SSc1ccccc1. The first-order valence-corrected chi connectivity index (χ1v) is 10.2. The fraction of sp³-hybridized carbons (Fsp3) is 0. The Balaban J connectivity index is 1.64. The summed E-state index contributed by atoms with van der Waals surface area (Å²) < 4.78 is 5.80. The van der Waals surface area contributed by atoms with E-state index in [1.54, 1.807) is 27.7 Å². The fourth-order valence-corrected chi connectivity index (χ4v) is 3.52. The van der Waals surface area contributed by atoms with Crippen LogP contribution >= 0.6 is 21.6 Å². The van der Waals surface area contributed by atoms with Crippen molar-refractivity contribution in [2.45, 2.75) is 4.90 Å². The molecule has 0 amide bonds. The van der Waals surface area contributed by atoms with Crippen LogP contribution in [-0.2, 0) is 0 Å². The van der Waals surface area contributed by atoms with Gasteiger partial charge in [0.25, 0.3) is 5.90 Å². The standard InChI is InChI=1S/C21H17NO2S2/c1-4-10-18(11-5-1)23-21(22-24-19-12-6-2-7-13-19)16-17-25-26-20-14-8-3-9-15-20/h1-17H/b17-16+,22-21-. The number of hydrogen-bond acceptors (Lipinski definition) is 5. The number of para-hydroxylation sites is 2. The van der Waals surface area contributed by atoms with Crippen molar-refractivity contribution in [2.24, 2.45) is 5.16 Å². The van der Waals surface area contributed by atoms with Crippen LogP contribution in [0.4, 0.5) is 0 Å². The highest BCUT2D eigenvalue weighted by atomic mass is 33.1. The predicted octanol–water partition coefficient (Wildman–Crippen LogP) is 6.41. The lowest BCUT2D eigenvalue weighted by Gasteiger charge is -2.05. The van der Waals surface area contributed by atoms with E-state index in [2.05, 4.69) is 17.3 Å². The molecule has 0 aliphatic carbocycles. The summed E-state index contributed by atoms with van der Waals surface area (Å²) in [5, 5.41) is 6.04. The molecule has 0 saturated carbocycles. The van der Waals surface area contributed by atoms with Gasteiger partial charge in [0.1, 0.15) is 5.75 Å². The van der Waals surface area contributed by atoms with Crippen LogP contribution in [0.1, 0.15) is 0 Å². The number of rotatable bonds is 7. The highest BCUT2D eigenvalue weighted by Crippen LogP contribution is 2.31. The van der Waals surface area contributed by atoms with Gasteiger partial charge in [0.2, 0.25) is 0 Å². The van der Waals surface area contributed by atoms with E-state index in [4.69, 9.17) is 9.57 Å². The normalized spacial score (nSPS) is 11.5. The highest BCUT2D eigenvalue weighted by Gasteiger charge is 2.01. The van der Waals surface area contributed by atoms with Gasteiger partial charge in [0.15, 0.2) is 5.75 Å². The molecule has 0 bridgehead atoms. The second-order valence-electron chi connectivity index (χ2n) is 5.04. The summed E-state index contributed by atoms with van der Waals surface area (Å²) in [5.74, 6) is 1.73. The minimum Gasteiger partial charge on any atom is -0.436 e. The maximum absolute atomic E-state index is 5.80. The first kappa shape index (κ1) is 18.2. The molecular formula is C21H17NO2S2. The number of ether oxygens (including phenoxy) is 1. The van der Waals surface area contributed by atoms with Crippen LogP contribution in [-0.4, -0.2) is 5.90 Å². The first-order chi connectivity index (χ1) is 12.9. The Morgan fingerprint density at radius 3 is 1.96 bits per heavy atom. The molecule has 0 radical (unpaired) electrons. The Morgan fingerprint density at radius 2 is 1.31 bits per heavy atom. The van der Waals surface area contributed by atoms with E-state index in [-0.39, 0.29) is 0 Å². The van der Waals surface area contributed by atoms with Crippen LogP contribution in [0.3, 0.4) is 0 Å². The summed E-state index contributed by atoms with van der Waals surface area (Å²) in [6, 6.07) is 29.1. The number of oxime groups is 1. The molecule has 5 heteroatoms. The van der Waals surface area contributed by atoms with Gasteiger partial charge in [-0.3, -0.25) is 0 Å². The summed E-state index contributed by atoms with van der Waals surface area (Å²) in [6.45, 7) is 0. The van der Waals surface area contributed by atoms with Gasteiger partial charge >= 0.3 is 0 Å². The van der Waals surface area contributed by atoms with Crippen molar-refractivity contribution in [3.8, 4) is 11.5 Å². The molecule has 0 unspecified atom stereocenters. The highest BCUT2D eigenvalue weighted by molar-refractivity contribution is 8.77. The van der Waals surface area contributed by atoms with Gasteiger partial charge < -0.3 is 9.57 Å². The fourth-order valence-electron chi connectivity index (χ4n) is 1.92. The zero-order valence-corrected chi connectivity index (χ0v) is 15.5. The Bertz CT molecular complexity index is 838. The Kier molecular flexibility index (Phi) is 7.25. The quantitative estimate of drug-likeness (QED) is 0.205. The lowest BCUT2D eigenvalue weighted by atomic mass is 10.3. The molecule has 3 nitrogen and oxygen atoms in total. The average molecular weight is 380 g/mol. The van der Waals surface area contributed by atoms with Crippen LogP contribution in [0.15, 0.2) is 113 Å². The van der Waals surface area contributed by atoms with E-state index in [1.807, 2.05) is 84.3 Å². The van der Waals surface area contributed by atoms with Gasteiger partial charge in [-0.15, -0.1) is 0 Å². The van der Waals surface area contributed by atoms with Crippen molar-refractivity contribution in [3.05, 3.63) is 102 Å². The van der Waals surface area contributed by atoms with Crippen LogP contribution in [0.5, 0.6) is 11.5 Å². The van der Waals surface area contributed by atoms with E-state index >= 15 is 0 Å². The van der Waals surface area contributed by atoms with Crippen molar-refractivity contribution < 1.29 is 9.57 Å². The number of benzene rings is 3. The van der Waals surface area contributed by atoms with Crippen molar-refractivity contribution in [2.75, 3.05) is 0 Å². The monoisotopic (exact) mass is 379 g/mol. The molecule has 0 aromatic heterocycles. The molecule has 0 aliphatic heterocycles. The molecular weight excluding hydrogens is 362 g/mol. The van der Waals surface area contributed by atoms with Crippen LogP contribution in [0.25, 0.3) is 0 Å². The lowest BCUT2D eigenvalue weighted by Crippen LogP contribution is -2.06. The van der Waals surface area contributed by atoms with Gasteiger partial charge in [0, 0.05) is 11.0 Å². The van der Waals surface area contributed by atoms with E-state index in [0.29, 0.717) is 17.4 Å². The van der Waals surface area contributed by atoms with Crippen molar-refractivity contribution >= 4 is 27.5 Å². The molecule has 0 spiro atoms. The molecule has 0 aliphatic rings. The first-order valence-electron chi connectivity index (χ1n) is 7.98. The Labute approximate surface area is 161 Å². The zero-order chi connectivity index (χ0) is 17.9. The molecule has 130 valence electrons. The molecule has 3 aromatic rings. The summed E-state index contributed by atoms with van der Waals surface area (Å²) >= 11 is 0. The van der Waals surface area contributed by atoms with Crippen molar-refractivity contribution in [1.82, 2.24) is 0 Å². The minimum atomic E-state index is 0.376. The van der Waals surface area contributed by atoms with E-state index in [9.17, 15) is 0 Å². The summed E-state index contributed by atoms with van der Waals surface area (Å²) in [6.07, 6.45) is 1.79. The van der Waals surface area contributed by atoms with E-state index in [1.165, 1.54) is 4.90 Å². The molecule has 0 N–H and O–H groups in total. The number of hydrogen-bond donors (Lipinski definition) is 0. The Morgan fingerprint density at radius 1 is 0.731 bits per heavy atom. The van der Waals surface area contributed by atoms with Gasteiger partial charge in [-0.05, 0) is 47.0 Å². The number of nitrogens with zero attached hydrogens (tertiary/aromatic N) is 1. The molecule has 0 atom stereocenters. The molecule has 0 fully saturated rings. The second kappa shape index (κ2) is 10.4. The Hall–Kier alpha value is -2.63. The third kappa shape index (κ3) is 6.35. The maximum atomic E-state index is 5.80. The predicted molar refractivity (Wildman–Crippen MR) is 111 cm³/mol. The van der Waals surface area contributed by atoms with Crippen LogP contribution < -0.4 is 9.57 Å². The van der Waals surface area contributed by atoms with Gasteiger partial charge in [-0.25, -0.2) is 0 Å². The van der Waals surface area contributed by atoms with Crippen LogP contribution in [0.2, 0.25) is 0 Å². The summed E-state index contributed by atoms with van der Waals surface area (Å²) in [5.41, 5.74) is 0. The topological polar surface area (TPSA) is 30.8 Å².